The third-order valence-electron chi connectivity index (χ3n) is 2.90. The van der Waals surface area contributed by atoms with E-state index in [0.717, 1.165) is 12.6 Å². The van der Waals surface area contributed by atoms with Crippen LogP contribution in [0.4, 0.5) is 17.5 Å². The number of nitrogens with one attached hydrogen (secondary N) is 2. The van der Waals surface area contributed by atoms with Gasteiger partial charge in [0, 0.05) is 13.1 Å². The molecule has 0 bridgehead atoms. The van der Waals surface area contributed by atoms with Gasteiger partial charge in [-0.05, 0) is 19.8 Å². The van der Waals surface area contributed by atoms with Crippen LogP contribution in [0.25, 0.3) is 0 Å². The minimum atomic E-state index is -0.949. The SMILES string of the molecule is CCCNc1ncc([N+](=O)[O-])c(NCC(C)(O)CC)n1. The highest BCUT2D eigenvalue weighted by Gasteiger charge is 2.22. The molecule has 1 heterocycles. The molecule has 1 unspecified atom stereocenters. The minimum Gasteiger partial charge on any atom is -0.388 e. The lowest BCUT2D eigenvalue weighted by Crippen LogP contribution is -2.32. The van der Waals surface area contributed by atoms with Gasteiger partial charge in [0.2, 0.25) is 11.8 Å². The fraction of sp³-hybridized carbons (Fsp3) is 0.667. The van der Waals surface area contributed by atoms with Crippen LogP contribution in [0.2, 0.25) is 0 Å². The van der Waals surface area contributed by atoms with Crippen molar-refractivity contribution in [1.82, 2.24) is 9.97 Å². The van der Waals surface area contributed by atoms with Crippen molar-refractivity contribution in [3.8, 4) is 0 Å². The van der Waals surface area contributed by atoms with Crippen molar-refractivity contribution >= 4 is 17.5 Å². The van der Waals surface area contributed by atoms with Crippen molar-refractivity contribution in [1.29, 1.82) is 0 Å². The molecule has 1 rings (SSSR count). The van der Waals surface area contributed by atoms with Crippen molar-refractivity contribution in [2.24, 2.45) is 0 Å². The Morgan fingerprint density at radius 2 is 2.15 bits per heavy atom. The van der Waals surface area contributed by atoms with Crippen LogP contribution in [0.15, 0.2) is 6.20 Å². The first-order chi connectivity index (χ1) is 9.39. The molecule has 0 saturated carbocycles. The molecular formula is C12H21N5O3. The van der Waals surface area contributed by atoms with E-state index in [1.807, 2.05) is 13.8 Å². The number of hydrogen-bond acceptors (Lipinski definition) is 7. The second-order valence-corrected chi connectivity index (χ2v) is 4.82. The van der Waals surface area contributed by atoms with Gasteiger partial charge in [0.1, 0.15) is 6.20 Å². The first-order valence-corrected chi connectivity index (χ1v) is 6.61. The molecule has 1 aromatic rings. The Kier molecular flexibility index (Phi) is 5.63. The molecule has 0 amide bonds. The number of aliphatic hydroxyl groups is 1. The molecule has 0 saturated heterocycles. The van der Waals surface area contributed by atoms with Gasteiger partial charge in [0.05, 0.1) is 10.5 Å². The van der Waals surface area contributed by atoms with Gasteiger partial charge >= 0.3 is 5.69 Å². The smallest absolute Gasteiger partial charge is 0.329 e. The van der Waals surface area contributed by atoms with Crippen LogP contribution in [0.1, 0.15) is 33.6 Å². The molecule has 0 aliphatic heterocycles. The summed E-state index contributed by atoms with van der Waals surface area (Å²) in [5, 5.41) is 26.7. The summed E-state index contributed by atoms with van der Waals surface area (Å²) in [5.74, 6) is 0.438. The predicted octanol–water partition coefficient (Wildman–Crippen LogP) is 1.78. The first-order valence-electron chi connectivity index (χ1n) is 6.61. The number of nitrogens with zero attached hydrogens (tertiary/aromatic N) is 3. The van der Waals surface area contributed by atoms with E-state index in [4.69, 9.17) is 0 Å². The lowest BCUT2D eigenvalue weighted by Gasteiger charge is -2.21. The molecule has 1 aromatic heterocycles. The number of anilines is 2. The van der Waals surface area contributed by atoms with E-state index in [9.17, 15) is 15.2 Å². The van der Waals surface area contributed by atoms with Crippen LogP contribution in [-0.4, -0.2) is 38.7 Å². The van der Waals surface area contributed by atoms with Gasteiger partial charge in [-0.2, -0.15) is 4.98 Å². The highest BCUT2D eigenvalue weighted by molar-refractivity contribution is 5.57. The fourth-order valence-corrected chi connectivity index (χ4v) is 1.36. The second-order valence-electron chi connectivity index (χ2n) is 4.82. The van der Waals surface area contributed by atoms with Gasteiger partial charge < -0.3 is 15.7 Å². The van der Waals surface area contributed by atoms with Gasteiger partial charge in [-0.15, -0.1) is 0 Å². The highest BCUT2D eigenvalue weighted by Crippen LogP contribution is 2.23. The highest BCUT2D eigenvalue weighted by atomic mass is 16.6. The molecule has 0 aliphatic carbocycles. The number of rotatable bonds is 8. The first kappa shape index (κ1) is 16.1. The maximum Gasteiger partial charge on any atom is 0.329 e. The molecule has 1 atom stereocenters. The average molecular weight is 283 g/mol. The molecule has 8 heteroatoms. The topological polar surface area (TPSA) is 113 Å². The summed E-state index contributed by atoms with van der Waals surface area (Å²) in [7, 11) is 0. The van der Waals surface area contributed by atoms with E-state index in [1.165, 1.54) is 0 Å². The van der Waals surface area contributed by atoms with Gasteiger partial charge in [-0.3, -0.25) is 10.1 Å². The summed E-state index contributed by atoms with van der Waals surface area (Å²) in [6.45, 7) is 6.35. The maximum absolute atomic E-state index is 10.9. The molecule has 0 radical (unpaired) electrons. The molecule has 0 spiro atoms. The fourth-order valence-electron chi connectivity index (χ4n) is 1.36. The summed E-state index contributed by atoms with van der Waals surface area (Å²) in [4.78, 5) is 18.4. The van der Waals surface area contributed by atoms with E-state index < -0.39 is 10.5 Å². The Labute approximate surface area is 117 Å². The van der Waals surface area contributed by atoms with E-state index in [0.29, 0.717) is 18.9 Å². The molecule has 8 nitrogen and oxygen atoms in total. The second kappa shape index (κ2) is 6.99. The van der Waals surface area contributed by atoms with Crippen LogP contribution >= 0.6 is 0 Å². The van der Waals surface area contributed by atoms with E-state index in [2.05, 4.69) is 20.6 Å². The van der Waals surface area contributed by atoms with Crippen molar-refractivity contribution < 1.29 is 10.0 Å². The normalized spacial score (nSPS) is 13.6. The third kappa shape index (κ3) is 4.61. The monoisotopic (exact) mass is 283 g/mol. The van der Waals surface area contributed by atoms with Crippen LogP contribution in [0.3, 0.4) is 0 Å². The van der Waals surface area contributed by atoms with E-state index in [1.54, 1.807) is 6.92 Å². The van der Waals surface area contributed by atoms with Gasteiger partial charge in [-0.1, -0.05) is 13.8 Å². The molecule has 0 aromatic carbocycles. The Hall–Kier alpha value is -1.96. The Morgan fingerprint density at radius 1 is 1.45 bits per heavy atom. The molecule has 0 fully saturated rings. The third-order valence-corrected chi connectivity index (χ3v) is 2.90. The zero-order valence-corrected chi connectivity index (χ0v) is 12.0. The maximum atomic E-state index is 10.9. The van der Waals surface area contributed by atoms with Crippen molar-refractivity contribution in [3.63, 3.8) is 0 Å². The Morgan fingerprint density at radius 3 is 2.70 bits per heavy atom. The van der Waals surface area contributed by atoms with Crippen molar-refractivity contribution in [2.75, 3.05) is 23.7 Å². The summed E-state index contributed by atoms with van der Waals surface area (Å²) in [6.07, 6.45) is 2.58. The lowest BCUT2D eigenvalue weighted by molar-refractivity contribution is -0.384. The van der Waals surface area contributed by atoms with Gasteiger partial charge in [-0.25, -0.2) is 4.98 Å². The van der Waals surface area contributed by atoms with Gasteiger partial charge in [0.15, 0.2) is 0 Å². The largest absolute Gasteiger partial charge is 0.388 e. The van der Waals surface area contributed by atoms with Crippen LogP contribution in [-0.2, 0) is 0 Å². The Balaban J connectivity index is 2.91. The van der Waals surface area contributed by atoms with Crippen molar-refractivity contribution in [2.45, 2.75) is 39.2 Å². The summed E-state index contributed by atoms with van der Waals surface area (Å²) in [6, 6.07) is 0. The summed E-state index contributed by atoms with van der Waals surface area (Å²) >= 11 is 0. The quantitative estimate of drug-likeness (QED) is 0.492. The zero-order chi connectivity index (χ0) is 15.2. The molecule has 112 valence electrons. The minimum absolute atomic E-state index is 0.109. The van der Waals surface area contributed by atoms with Crippen LogP contribution in [0, 0.1) is 10.1 Å². The molecular weight excluding hydrogens is 262 g/mol. The molecule has 20 heavy (non-hydrogen) atoms. The summed E-state index contributed by atoms with van der Waals surface area (Å²) in [5.41, 5.74) is -1.16. The van der Waals surface area contributed by atoms with Crippen molar-refractivity contribution in [3.05, 3.63) is 16.3 Å². The number of nitro groups is 1. The number of aromatic nitrogens is 2. The standard InChI is InChI=1S/C12H21N5O3/c1-4-6-13-11-14-7-9(17(19)20)10(16-11)15-8-12(3,18)5-2/h7,18H,4-6,8H2,1-3H3,(H2,13,14,15,16). The van der Waals surface area contributed by atoms with Gasteiger partial charge in [0.25, 0.3) is 0 Å². The number of hydrogen-bond donors (Lipinski definition) is 3. The lowest BCUT2D eigenvalue weighted by atomic mass is 10.0. The Bertz CT molecular complexity index is 464. The molecule has 3 N–H and O–H groups in total. The van der Waals surface area contributed by atoms with E-state index in [-0.39, 0.29) is 18.1 Å². The predicted molar refractivity (Wildman–Crippen MR) is 76.9 cm³/mol. The van der Waals surface area contributed by atoms with E-state index >= 15 is 0 Å². The summed E-state index contributed by atoms with van der Waals surface area (Å²) < 4.78 is 0. The zero-order valence-electron chi connectivity index (χ0n) is 12.0. The molecule has 0 aliphatic rings. The van der Waals surface area contributed by atoms with Crippen LogP contribution in [0.5, 0.6) is 0 Å². The average Bonchev–Trinajstić information content (AvgIpc) is 2.42. The van der Waals surface area contributed by atoms with Crippen LogP contribution < -0.4 is 10.6 Å².